The van der Waals surface area contributed by atoms with Crippen molar-refractivity contribution in [3.8, 4) is 6.07 Å². The van der Waals surface area contributed by atoms with Crippen LogP contribution in [0.1, 0.15) is 29.2 Å². The van der Waals surface area contributed by atoms with Gasteiger partial charge in [0.05, 0.1) is 23.6 Å². The molecule has 0 aromatic heterocycles. The summed E-state index contributed by atoms with van der Waals surface area (Å²) in [7, 11) is 0. The number of urea groups is 1. The van der Waals surface area contributed by atoms with Gasteiger partial charge in [-0.3, -0.25) is 10.1 Å². The van der Waals surface area contributed by atoms with Gasteiger partial charge in [-0.1, -0.05) is 35.9 Å². The number of hydrogen-bond acceptors (Lipinski definition) is 5. The van der Waals surface area contributed by atoms with E-state index in [4.69, 9.17) is 16.9 Å². The summed E-state index contributed by atoms with van der Waals surface area (Å²) in [6, 6.07) is 15.9. The molecule has 0 radical (unpaired) electrons. The third kappa shape index (κ3) is 3.82. The highest BCUT2D eigenvalue weighted by Crippen LogP contribution is 2.45. The summed E-state index contributed by atoms with van der Waals surface area (Å²) in [4.78, 5) is 32.9. The van der Waals surface area contributed by atoms with Crippen LogP contribution in [0.5, 0.6) is 0 Å². The fourth-order valence-corrected chi connectivity index (χ4v) is 6.13. The van der Waals surface area contributed by atoms with Crippen LogP contribution in [0, 0.1) is 11.3 Å². The van der Waals surface area contributed by atoms with E-state index in [0.29, 0.717) is 41.0 Å². The van der Waals surface area contributed by atoms with Gasteiger partial charge in [0.1, 0.15) is 18.3 Å². The Bertz CT molecular complexity index is 1220. The Morgan fingerprint density at radius 1 is 1.30 bits per heavy atom. The van der Waals surface area contributed by atoms with Crippen LogP contribution in [0.3, 0.4) is 0 Å². The van der Waals surface area contributed by atoms with Crippen LogP contribution >= 0.6 is 23.4 Å². The first-order chi connectivity index (χ1) is 16.0. The summed E-state index contributed by atoms with van der Waals surface area (Å²) in [6.07, 6.45) is 3.99. The summed E-state index contributed by atoms with van der Waals surface area (Å²) in [5, 5.41) is 13.4. The summed E-state index contributed by atoms with van der Waals surface area (Å²) in [5.41, 5.74) is 2.48. The van der Waals surface area contributed by atoms with Crippen molar-refractivity contribution < 1.29 is 14.1 Å². The number of carbonyl (C=O) groups is 2. The van der Waals surface area contributed by atoms with Crippen LogP contribution in [-0.2, 0) is 11.3 Å². The molecule has 0 bridgehead atoms. The lowest BCUT2D eigenvalue weighted by molar-refractivity contribution is -0.725. The second-order valence-corrected chi connectivity index (χ2v) is 9.65. The van der Waals surface area contributed by atoms with Crippen molar-refractivity contribution in [1.29, 1.82) is 5.26 Å². The van der Waals surface area contributed by atoms with E-state index in [1.807, 2.05) is 30.3 Å². The van der Waals surface area contributed by atoms with Gasteiger partial charge in [0.15, 0.2) is 0 Å². The number of amidine groups is 1. The number of rotatable bonds is 4. The number of aliphatic imine (C=N–C) groups is 1. The third-order valence-corrected chi connectivity index (χ3v) is 7.67. The molecule has 3 aliphatic heterocycles. The molecule has 3 amide bonds. The maximum Gasteiger partial charge on any atom is 0.429 e. The molecule has 7 nitrogen and oxygen atoms in total. The maximum atomic E-state index is 13.6. The molecule has 5 rings (SSSR count). The molecule has 2 saturated heterocycles. The summed E-state index contributed by atoms with van der Waals surface area (Å²) >= 11 is 7.61. The monoisotopic (exact) mass is 478 g/mol. The van der Waals surface area contributed by atoms with E-state index in [0.717, 1.165) is 11.1 Å². The van der Waals surface area contributed by atoms with Crippen LogP contribution in [0.4, 0.5) is 4.79 Å². The predicted molar refractivity (Wildman–Crippen MR) is 127 cm³/mol. The third-order valence-electron chi connectivity index (χ3n) is 6.28. The first-order valence-electron chi connectivity index (χ1n) is 10.6. The fraction of sp³-hybridized carbons (Fsp3) is 0.250. The Morgan fingerprint density at radius 2 is 2.12 bits per heavy atom. The van der Waals surface area contributed by atoms with Crippen LogP contribution in [0.15, 0.2) is 65.9 Å². The quantitative estimate of drug-likeness (QED) is 0.668. The lowest BCUT2D eigenvalue weighted by atomic mass is 10.0. The van der Waals surface area contributed by atoms with Crippen molar-refractivity contribution >= 4 is 40.5 Å². The van der Waals surface area contributed by atoms with Crippen LogP contribution < -0.4 is 5.32 Å². The standard InChI is InChI=1S/C24H20ClN5O2S/c25-19-3-1-2-17(12-19)14-29-10-8-20(22(29)31)28-23(32)30-11-9-27-24(30)33-15-21(30)18-6-4-16(13-26)5-7-18/h1-7,9,11-12,20-21H,8,10,14-15H2/p+1/t20?,21?,30-/m0/s1. The Labute approximate surface area is 200 Å². The smallest absolute Gasteiger partial charge is 0.336 e. The number of nitriles is 1. The summed E-state index contributed by atoms with van der Waals surface area (Å²) in [6.45, 7) is 1.03. The topological polar surface area (TPSA) is 85.6 Å². The van der Waals surface area contributed by atoms with Gasteiger partial charge in [0.25, 0.3) is 5.17 Å². The Balaban J connectivity index is 1.33. The van der Waals surface area contributed by atoms with E-state index < -0.39 is 6.04 Å². The molecule has 3 atom stereocenters. The molecule has 166 valence electrons. The van der Waals surface area contributed by atoms with Crippen LogP contribution in [0.2, 0.25) is 5.02 Å². The first kappa shape index (κ1) is 21.7. The van der Waals surface area contributed by atoms with Gasteiger partial charge in [0.2, 0.25) is 5.91 Å². The SMILES string of the molecule is N#Cc1ccc(C2CSC3=NC=C[N@+]32C(=O)NC2CCN(Cc3cccc(Cl)c3)C2=O)cc1. The number of carbonyl (C=O) groups excluding carboxylic acids is 2. The van der Waals surface area contributed by atoms with Gasteiger partial charge < -0.3 is 4.90 Å². The van der Waals surface area contributed by atoms with Crippen molar-refractivity contribution in [1.82, 2.24) is 10.2 Å². The number of nitrogens with one attached hydrogen (secondary N) is 1. The molecule has 2 aromatic rings. The second kappa shape index (κ2) is 8.67. The molecule has 33 heavy (non-hydrogen) atoms. The number of quaternary nitrogens is 1. The van der Waals surface area contributed by atoms with Gasteiger partial charge in [-0.2, -0.15) is 14.7 Å². The molecular formula is C24H21ClN5O2S+. The lowest BCUT2D eigenvalue weighted by Gasteiger charge is -2.31. The van der Waals surface area contributed by atoms with Gasteiger partial charge >= 0.3 is 6.03 Å². The number of halogens is 1. The Hall–Kier alpha value is -3.12. The second-order valence-electron chi connectivity index (χ2n) is 8.23. The molecule has 2 fully saturated rings. The zero-order chi connectivity index (χ0) is 23.0. The number of benzene rings is 2. The normalized spacial score (nSPS) is 25.6. The zero-order valence-corrected chi connectivity index (χ0v) is 19.2. The first-order valence-corrected chi connectivity index (χ1v) is 12.0. The van der Waals surface area contributed by atoms with E-state index in [9.17, 15) is 9.59 Å². The molecule has 0 aliphatic carbocycles. The minimum absolute atomic E-state index is 0.0748. The number of amides is 3. The van der Waals surface area contributed by atoms with Crippen LogP contribution in [0.25, 0.3) is 0 Å². The van der Waals surface area contributed by atoms with Gasteiger partial charge in [-0.05, 0) is 48.0 Å². The molecule has 9 heteroatoms. The number of hydrogen-bond donors (Lipinski definition) is 1. The van der Waals surface area contributed by atoms with Crippen molar-refractivity contribution in [3.63, 3.8) is 0 Å². The molecule has 2 unspecified atom stereocenters. The lowest BCUT2D eigenvalue weighted by Crippen LogP contribution is -2.57. The minimum Gasteiger partial charge on any atom is -0.336 e. The zero-order valence-electron chi connectivity index (χ0n) is 17.6. The van der Waals surface area contributed by atoms with Crippen molar-refractivity contribution in [3.05, 3.63) is 82.6 Å². The molecule has 1 N–H and O–H groups in total. The van der Waals surface area contributed by atoms with E-state index >= 15 is 0 Å². The maximum absolute atomic E-state index is 13.6. The van der Waals surface area contributed by atoms with E-state index in [2.05, 4.69) is 16.4 Å². The molecule has 0 saturated carbocycles. The summed E-state index contributed by atoms with van der Waals surface area (Å²) in [5.74, 6) is 0.590. The highest BCUT2D eigenvalue weighted by molar-refractivity contribution is 8.13. The molecular weight excluding hydrogens is 458 g/mol. The molecule has 0 spiro atoms. The van der Waals surface area contributed by atoms with Crippen LogP contribution in [-0.4, -0.2) is 44.8 Å². The molecule has 3 heterocycles. The van der Waals surface area contributed by atoms with E-state index in [1.165, 1.54) is 0 Å². The number of likely N-dealkylation sites (tertiary alicyclic amines) is 1. The molecule has 3 aliphatic rings. The predicted octanol–water partition coefficient (Wildman–Crippen LogP) is 4.17. The fourth-order valence-electron chi connectivity index (χ4n) is 4.56. The average molecular weight is 479 g/mol. The van der Waals surface area contributed by atoms with Gasteiger partial charge in [-0.25, -0.2) is 4.79 Å². The van der Waals surface area contributed by atoms with Gasteiger partial charge in [-0.15, -0.1) is 0 Å². The summed E-state index contributed by atoms with van der Waals surface area (Å²) < 4.78 is -0.0748. The van der Waals surface area contributed by atoms with Crippen molar-refractivity contribution in [2.24, 2.45) is 4.99 Å². The van der Waals surface area contributed by atoms with Gasteiger partial charge in [0, 0.05) is 23.7 Å². The highest BCUT2D eigenvalue weighted by atomic mass is 35.5. The molecule has 2 aromatic carbocycles. The highest BCUT2D eigenvalue weighted by Gasteiger charge is 2.57. The number of fused-ring (bicyclic) bond motifs is 1. The minimum atomic E-state index is -0.577. The van der Waals surface area contributed by atoms with E-state index in [1.54, 1.807) is 47.3 Å². The van der Waals surface area contributed by atoms with Crippen molar-refractivity contribution in [2.75, 3.05) is 12.3 Å². The van der Waals surface area contributed by atoms with E-state index in [-0.39, 0.29) is 22.5 Å². The Morgan fingerprint density at radius 3 is 2.88 bits per heavy atom. The number of nitrogens with zero attached hydrogens (tertiary/aromatic N) is 4. The van der Waals surface area contributed by atoms with Crippen molar-refractivity contribution in [2.45, 2.75) is 25.0 Å². The average Bonchev–Trinajstić information content (AvgIpc) is 3.49. The Kier molecular flexibility index (Phi) is 5.71. The number of thioether (sulfide) groups is 1. The largest absolute Gasteiger partial charge is 0.429 e.